The summed E-state index contributed by atoms with van der Waals surface area (Å²) in [5.74, 6) is -2.95. The van der Waals surface area contributed by atoms with E-state index in [1.54, 1.807) is 0 Å². The topological polar surface area (TPSA) is 77.9 Å². The maximum absolute atomic E-state index is 12.9. The van der Waals surface area contributed by atoms with Crippen molar-refractivity contribution in [2.24, 2.45) is 11.8 Å². The van der Waals surface area contributed by atoms with Gasteiger partial charge in [0, 0.05) is 26.6 Å². The highest BCUT2D eigenvalue weighted by Gasteiger charge is 2.46. The Morgan fingerprint density at radius 1 is 1.19 bits per heavy atom. The molecule has 0 aliphatic carbocycles. The summed E-state index contributed by atoms with van der Waals surface area (Å²) in [6.45, 7) is 0.381. The number of carboxylic acid groups (broad SMARTS) is 1. The van der Waals surface area contributed by atoms with Crippen molar-refractivity contribution < 1.29 is 32.7 Å². The van der Waals surface area contributed by atoms with Crippen LogP contribution in [0.15, 0.2) is 24.3 Å². The second-order valence-electron chi connectivity index (χ2n) is 6.99. The van der Waals surface area contributed by atoms with Gasteiger partial charge in [0.05, 0.1) is 23.4 Å². The number of alkyl halides is 3. The monoisotopic (exact) mass is 384 g/mol. The van der Waals surface area contributed by atoms with E-state index in [-0.39, 0.29) is 24.8 Å². The fraction of sp³-hybridized carbons (Fsp3) is 0.500. The summed E-state index contributed by atoms with van der Waals surface area (Å²) < 4.78 is 38.3. The molecule has 1 N–H and O–H groups in total. The highest BCUT2D eigenvalue weighted by molar-refractivity contribution is 5.90. The predicted octanol–water partition coefficient (Wildman–Crippen LogP) is 2.16. The highest BCUT2D eigenvalue weighted by Crippen LogP contribution is 2.40. The summed E-state index contributed by atoms with van der Waals surface area (Å²) in [5.41, 5.74) is -0.353. The molecule has 2 amide bonds. The number of hydrogen-bond donors (Lipinski definition) is 1. The Bertz CT molecular complexity index is 763. The molecular formula is C18H19F3N2O4. The molecule has 0 bridgehead atoms. The summed E-state index contributed by atoms with van der Waals surface area (Å²) in [5, 5.41) is 9.09. The van der Waals surface area contributed by atoms with E-state index in [0.29, 0.717) is 18.5 Å². The zero-order valence-electron chi connectivity index (χ0n) is 14.6. The molecule has 3 atom stereocenters. The molecule has 146 valence electrons. The number of benzene rings is 1. The zero-order valence-corrected chi connectivity index (χ0v) is 14.6. The zero-order chi connectivity index (χ0) is 19.9. The van der Waals surface area contributed by atoms with Gasteiger partial charge in [-0.2, -0.15) is 13.2 Å². The third-order valence-electron chi connectivity index (χ3n) is 5.33. The van der Waals surface area contributed by atoms with E-state index in [2.05, 4.69) is 0 Å². The van der Waals surface area contributed by atoms with Crippen molar-refractivity contribution in [2.45, 2.75) is 25.1 Å². The van der Waals surface area contributed by atoms with Gasteiger partial charge in [0.15, 0.2) is 0 Å². The number of halogens is 3. The third-order valence-corrected chi connectivity index (χ3v) is 5.33. The van der Waals surface area contributed by atoms with Crippen molar-refractivity contribution in [3.05, 3.63) is 35.4 Å². The molecule has 6 nitrogen and oxygen atoms in total. The first-order chi connectivity index (χ1) is 12.6. The van der Waals surface area contributed by atoms with Crippen LogP contribution in [-0.4, -0.2) is 52.8 Å². The third kappa shape index (κ3) is 3.63. The number of carboxylic acids is 1. The Hall–Kier alpha value is -2.58. The standard InChI is InChI=1S/C18H19F3N2O4/c1-22-14(24)8-13(16(25)23-7-6-11(9-23)17(26)27)15(22)10-2-4-12(5-3-10)18(19,20)21/h2-5,11,13,15H,6-9H2,1H3,(H,26,27)/t11-,13-,15-/m0/s1. The Morgan fingerprint density at radius 2 is 1.81 bits per heavy atom. The molecule has 1 aromatic rings. The quantitative estimate of drug-likeness (QED) is 0.866. The van der Waals surface area contributed by atoms with Gasteiger partial charge in [-0.15, -0.1) is 0 Å². The lowest BCUT2D eigenvalue weighted by Crippen LogP contribution is -2.37. The number of aliphatic carboxylic acids is 1. The van der Waals surface area contributed by atoms with Gasteiger partial charge in [-0.25, -0.2) is 0 Å². The molecular weight excluding hydrogens is 365 g/mol. The Balaban J connectivity index is 1.83. The fourth-order valence-corrected chi connectivity index (χ4v) is 3.81. The predicted molar refractivity (Wildman–Crippen MR) is 87.4 cm³/mol. The number of nitrogens with zero attached hydrogens (tertiary/aromatic N) is 2. The van der Waals surface area contributed by atoms with Gasteiger partial charge in [-0.05, 0) is 24.1 Å². The lowest BCUT2D eigenvalue weighted by molar-refractivity contribution is -0.142. The number of likely N-dealkylation sites (tertiary alicyclic amines) is 2. The minimum absolute atomic E-state index is 0.0464. The van der Waals surface area contributed by atoms with E-state index in [4.69, 9.17) is 5.11 Å². The molecule has 3 rings (SSSR count). The van der Waals surface area contributed by atoms with E-state index in [0.717, 1.165) is 12.1 Å². The molecule has 1 aromatic carbocycles. The molecule has 2 aliphatic rings. The highest BCUT2D eigenvalue weighted by atomic mass is 19.4. The van der Waals surface area contributed by atoms with Gasteiger partial charge >= 0.3 is 12.1 Å². The van der Waals surface area contributed by atoms with E-state index in [1.165, 1.54) is 29.0 Å². The Kier molecular flexibility index (Phi) is 4.88. The van der Waals surface area contributed by atoms with Crippen LogP contribution in [0.1, 0.15) is 30.0 Å². The van der Waals surface area contributed by atoms with Gasteiger partial charge in [-0.1, -0.05) is 12.1 Å². The second-order valence-corrected chi connectivity index (χ2v) is 6.99. The van der Waals surface area contributed by atoms with Gasteiger partial charge in [0.2, 0.25) is 11.8 Å². The lowest BCUT2D eigenvalue weighted by Gasteiger charge is -2.28. The van der Waals surface area contributed by atoms with Crippen molar-refractivity contribution in [1.29, 1.82) is 0 Å². The molecule has 2 heterocycles. The first-order valence-electron chi connectivity index (χ1n) is 8.54. The average Bonchev–Trinajstić information content (AvgIpc) is 3.20. The van der Waals surface area contributed by atoms with Crippen molar-refractivity contribution in [3.8, 4) is 0 Å². The SMILES string of the molecule is CN1C(=O)C[C@H](C(=O)N2CC[C@H](C(=O)O)C2)[C@@H]1c1ccc(C(F)(F)F)cc1. The molecule has 0 spiro atoms. The fourth-order valence-electron chi connectivity index (χ4n) is 3.81. The van der Waals surface area contributed by atoms with Crippen LogP contribution in [0.4, 0.5) is 13.2 Å². The molecule has 27 heavy (non-hydrogen) atoms. The van der Waals surface area contributed by atoms with Crippen molar-refractivity contribution in [1.82, 2.24) is 9.80 Å². The van der Waals surface area contributed by atoms with Gasteiger partial charge in [0.25, 0.3) is 0 Å². The average molecular weight is 384 g/mol. The summed E-state index contributed by atoms with van der Waals surface area (Å²) in [7, 11) is 1.52. The number of carbonyl (C=O) groups is 3. The van der Waals surface area contributed by atoms with Gasteiger partial charge in [0.1, 0.15) is 0 Å². The number of amides is 2. The van der Waals surface area contributed by atoms with Crippen LogP contribution in [0.5, 0.6) is 0 Å². The van der Waals surface area contributed by atoms with Crippen LogP contribution in [0.25, 0.3) is 0 Å². The van der Waals surface area contributed by atoms with Crippen molar-refractivity contribution >= 4 is 17.8 Å². The van der Waals surface area contributed by atoms with Gasteiger partial charge in [-0.3, -0.25) is 14.4 Å². The molecule has 0 saturated carbocycles. The Labute approximate surface area is 153 Å². The molecule has 0 unspecified atom stereocenters. The van der Waals surface area contributed by atoms with E-state index in [9.17, 15) is 27.6 Å². The molecule has 2 saturated heterocycles. The van der Waals surface area contributed by atoms with Crippen LogP contribution in [0.3, 0.4) is 0 Å². The molecule has 9 heteroatoms. The van der Waals surface area contributed by atoms with E-state index < -0.39 is 35.6 Å². The number of rotatable bonds is 3. The minimum Gasteiger partial charge on any atom is -0.481 e. The molecule has 2 fully saturated rings. The first kappa shape index (κ1) is 19.2. The maximum atomic E-state index is 12.9. The first-order valence-corrected chi connectivity index (χ1v) is 8.54. The van der Waals surface area contributed by atoms with Crippen LogP contribution < -0.4 is 0 Å². The number of carbonyl (C=O) groups excluding carboxylic acids is 2. The second kappa shape index (κ2) is 6.86. The summed E-state index contributed by atoms with van der Waals surface area (Å²) in [6.07, 6.45) is -4.16. The van der Waals surface area contributed by atoms with E-state index >= 15 is 0 Å². The van der Waals surface area contributed by atoms with Crippen LogP contribution in [0, 0.1) is 11.8 Å². The summed E-state index contributed by atoms with van der Waals surface area (Å²) in [6, 6.07) is 3.77. The van der Waals surface area contributed by atoms with Crippen molar-refractivity contribution in [2.75, 3.05) is 20.1 Å². The minimum atomic E-state index is -4.47. The molecule has 0 aromatic heterocycles. The van der Waals surface area contributed by atoms with Crippen LogP contribution in [0.2, 0.25) is 0 Å². The largest absolute Gasteiger partial charge is 0.481 e. The summed E-state index contributed by atoms with van der Waals surface area (Å²) >= 11 is 0. The number of hydrogen-bond acceptors (Lipinski definition) is 3. The van der Waals surface area contributed by atoms with Gasteiger partial charge < -0.3 is 14.9 Å². The molecule has 0 radical (unpaired) electrons. The smallest absolute Gasteiger partial charge is 0.416 e. The Morgan fingerprint density at radius 3 is 2.33 bits per heavy atom. The van der Waals surface area contributed by atoms with Crippen LogP contribution in [-0.2, 0) is 20.6 Å². The van der Waals surface area contributed by atoms with E-state index in [1.807, 2.05) is 0 Å². The summed E-state index contributed by atoms with van der Waals surface area (Å²) in [4.78, 5) is 39.0. The van der Waals surface area contributed by atoms with Crippen molar-refractivity contribution in [3.63, 3.8) is 0 Å². The lowest BCUT2D eigenvalue weighted by atomic mass is 9.92. The maximum Gasteiger partial charge on any atom is 0.416 e. The van der Waals surface area contributed by atoms with Crippen LogP contribution >= 0.6 is 0 Å². The normalized spacial score (nSPS) is 25.9. The molecule has 2 aliphatic heterocycles.